The molecule has 0 spiro atoms. The Bertz CT molecular complexity index is 1320. The van der Waals surface area contributed by atoms with E-state index >= 15 is 0 Å². The summed E-state index contributed by atoms with van der Waals surface area (Å²) >= 11 is 8.41. The maximum absolute atomic E-state index is 14.1. The fraction of sp³-hybridized carbons (Fsp3) is 0.568. The van der Waals surface area contributed by atoms with Gasteiger partial charge in [-0.05, 0) is 99.7 Å². The molecule has 8 heteroatoms. The zero-order valence-corrected chi connectivity index (χ0v) is 28.0. The molecule has 5 atom stereocenters. The Hall–Kier alpha value is -2.22. The first kappa shape index (κ1) is 34.1. The van der Waals surface area contributed by atoms with Crippen LogP contribution in [0.25, 0.3) is 0 Å². The van der Waals surface area contributed by atoms with Crippen molar-refractivity contribution < 1.29 is 13.9 Å². The number of hydrogen-bond acceptors (Lipinski definition) is 5. The van der Waals surface area contributed by atoms with Gasteiger partial charge in [0.15, 0.2) is 0 Å². The third kappa shape index (κ3) is 8.58. The van der Waals surface area contributed by atoms with E-state index in [1.165, 1.54) is 38.3 Å². The standard InChI is InChI=1S/C37H48ClF2N3OS/c1-3-26(11-6-4-5-10-25-14-17-29(44)18-15-25)27-21-33-35(32(41)12-7-9-24(2)39)36(30-19-16-28(40)22-31(30)38)42-37(43(33)23-27)34-13-8-20-45-34/h3,7-8,12,16,19-20,22,24-27,29,34,36,41,44H,1,4-6,9-11,13-15,17-18,21,23H2,2H3/b12-7-,41-32?/t24?,25?,26?,27-,29?,34?,36-/m0/s1. The lowest BCUT2D eigenvalue weighted by Crippen LogP contribution is -2.39. The number of amidine groups is 1. The number of nitrogens with zero attached hydrogens (tertiary/aromatic N) is 2. The van der Waals surface area contributed by atoms with Gasteiger partial charge in [0, 0.05) is 28.4 Å². The van der Waals surface area contributed by atoms with Crippen molar-refractivity contribution in [2.75, 3.05) is 6.54 Å². The highest BCUT2D eigenvalue weighted by atomic mass is 35.5. The van der Waals surface area contributed by atoms with Crippen molar-refractivity contribution in [2.24, 2.45) is 22.7 Å². The molecule has 244 valence electrons. The van der Waals surface area contributed by atoms with Gasteiger partial charge in [0.2, 0.25) is 0 Å². The van der Waals surface area contributed by atoms with Gasteiger partial charge in [0.1, 0.15) is 23.9 Å². The third-order valence-electron chi connectivity index (χ3n) is 9.96. The summed E-state index contributed by atoms with van der Waals surface area (Å²) in [6, 6.07) is 3.88. The molecule has 4 nitrogen and oxygen atoms in total. The van der Waals surface area contributed by atoms with Gasteiger partial charge in [-0.1, -0.05) is 61.6 Å². The van der Waals surface area contributed by atoms with Gasteiger partial charge in [0.05, 0.1) is 17.1 Å². The van der Waals surface area contributed by atoms with Gasteiger partial charge in [0.25, 0.3) is 0 Å². The number of aliphatic hydroxyl groups is 1. The number of allylic oxidation sites excluding steroid dienone is 5. The normalized spacial score (nSPS) is 28.0. The predicted molar refractivity (Wildman–Crippen MR) is 185 cm³/mol. The molecular weight excluding hydrogens is 608 g/mol. The molecule has 2 fully saturated rings. The van der Waals surface area contributed by atoms with Gasteiger partial charge in [-0.2, -0.15) is 0 Å². The van der Waals surface area contributed by atoms with Gasteiger partial charge in [-0.15, -0.1) is 18.3 Å². The summed E-state index contributed by atoms with van der Waals surface area (Å²) in [4.78, 5) is 7.63. The fourth-order valence-electron chi connectivity index (χ4n) is 7.46. The summed E-state index contributed by atoms with van der Waals surface area (Å²) < 4.78 is 27.8. The Kier molecular flexibility index (Phi) is 12.2. The number of halogens is 3. The lowest BCUT2D eigenvalue weighted by Gasteiger charge is -2.35. The van der Waals surface area contributed by atoms with E-state index in [0.29, 0.717) is 28.1 Å². The highest BCUT2D eigenvalue weighted by Gasteiger charge is 2.43. The summed E-state index contributed by atoms with van der Waals surface area (Å²) in [6.45, 7) is 6.58. The molecule has 0 aromatic heterocycles. The molecule has 2 N–H and O–H groups in total. The Morgan fingerprint density at radius 3 is 2.73 bits per heavy atom. The quantitative estimate of drug-likeness (QED) is 0.119. The maximum atomic E-state index is 14.1. The number of benzene rings is 1. The summed E-state index contributed by atoms with van der Waals surface area (Å²) in [5.41, 5.74) is 2.83. The minimum Gasteiger partial charge on any atom is -0.393 e. The molecular formula is C37H48ClF2N3OS. The van der Waals surface area contributed by atoms with Crippen LogP contribution in [0.1, 0.15) is 95.6 Å². The van der Waals surface area contributed by atoms with E-state index in [-0.39, 0.29) is 17.8 Å². The molecule has 3 aliphatic heterocycles. The van der Waals surface area contributed by atoms with E-state index in [4.69, 9.17) is 16.6 Å². The summed E-state index contributed by atoms with van der Waals surface area (Å²) in [5.74, 6) is 2.03. The van der Waals surface area contributed by atoms with E-state index in [2.05, 4.69) is 29.0 Å². The zero-order chi connectivity index (χ0) is 31.9. The first-order valence-electron chi connectivity index (χ1n) is 16.8. The first-order chi connectivity index (χ1) is 21.7. The lowest BCUT2D eigenvalue weighted by molar-refractivity contribution is 0.106. The molecule has 0 bridgehead atoms. The summed E-state index contributed by atoms with van der Waals surface area (Å²) in [7, 11) is 0. The second kappa shape index (κ2) is 16.1. The Balaban J connectivity index is 1.38. The number of alkyl halides is 1. The molecule has 45 heavy (non-hydrogen) atoms. The van der Waals surface area contributed by atoms with Crippen LogP contribution in [0, 0.1) is 29.0 Å². The minimum atomic E-state index is -0.992. The second-order valence-electron chi connectivity index (χ2n) is 13.3. The monoisotopic (exact) mass is 655 g/mol. The van der Waals surface area contributed by atoms with Crippen molar-refractivity contribution >= 4 is 34.9 Å². The maximum Gasteiger partial charge on any atom is 0.124 e. The van der Waals surface area contributed by atoms with E-state index in [9.17, 15) is 19.3 Å². The van der Waals surface area contributed by atoms with E-state index < -0.39 is 18.0 Å². The van der Waals surface area contributed by atoms with Crippen LogP contribution in [0.5, 0.6) is 0 Å². The van der Waals surface area contributed by atoms with E-state index in [1.54, 1.807) is 30.0 Å². The Labute approximate surface area is 277 Å². The van der Waals surface area contributed by atoms with Crippen LogP contribution < -0.4 is 0 Å². The highest BCUT2D eigenvalue weighted by molar-refractivity contribution is 8.03. The first-order valence-corrected chi connectivity index (χ1v) is 18.1. The lowest BCUT2D eigenvalue weighted by atomic mass is 9.83. The molecule has 1 aromatic rings. The van der Waals surface area contributed by atoms with Crippen molar-refractivity contribution in [3.63, 3.8) is 0 Å². The van der Waals surface area contributed by atoms with Crippen LogP contribution in [0.3, 0.4) is 0 Å². The fourth-order valence-corrected chi connectivity index (χ4v) is 8.67. The van der Waals surface area contributed by atoms with Crippen LogP contribution in [0.15, 0.2) is 70.8 Å². The SMILES string of the molecule is C=CC(CCCCCC1CCC(O)CC1)[C@H]1CC2=C(C(=N)/C=C\CC(C)F)[C@H](c3ccc(F)cc3Cl)N=C(C3CC=CS3)N2C1. The van der Waals surface area contributed by atoms with E-state index in [0.717, 1.165) is 80.9 Å². The predicted octanol–water partition coefficient (Wildman–Crippen LogP) is 10.2. The molecule has 1 aromatic carbocycles. The number of unbranched alkanes of at least 4 members (excludes halogenated alkanes) is 2. The highest BCUT2D eigenvalue weighted by Crippen LogP contribution is 2.47. The number of rotatable bonds is 14. The van der Waals surface area contributed by atoms with Crippen LogP contribution in [0.2, 0.25) is 5.02 Å². The van der Waals surface area contributed by atoms with Crippen LogP contribution in [0.4, 0.5) is 8.78 Å². The van der Waals surface area contributed by atoms with Gasteiger partial charge < -0.3 is 15.4 Å². The molecule has 1 saturated carbocycles. The average Bonchev–Trinajstić information content (AvgIpc) is 3.70. The van der Waals surface area contributed by atoms with Gasteiger partial charge >= 0.3 is 0 Å². The molecule has 1 saturated heterocycles. The van der Waals surface area contributed by atoms with Crippen LogP contribution >= 0.6 is 23.4 Å². The average molecular weight is 656 g/mol. The zero-order valence-electron chi connectivity index (χ0n) is 26.4. The number of fused-ring (bicyclic) bond motifs is 1. The largest absolute Gasteiger partial charge is 0.393 e. The number of thioether (sulfide) groups is 1. The summed E-state index contributed by atoms with van der Waals surface area (Å²) in [5, 5.41) is 21.6. The molecule has 5 rings (SSSR count). The molecule has 0 amide bonds. The van der Waals surface area contributed by atoms with Crippen LogP contribution in [-0.2, 0) is 0 Å². The second-order valence-corrected chi connectivity index (χ2v) is 14.8. The molecule has 4 aliphatic rings. The topological polar surface area (TPSA) is 59.7 Å². The number of aliphatic imine (C=N–C) groups is 1. The molecule has 3 heterocycles. The van der Waals surface area contributed by atoms with Crippen molar-refractivity contribution in [3.05, 3.63) is 82.2 Å². The number of hydrogen-bond donors (Lipinski definition) is 2. The van der Waals surface area contributed by atoms with Crippen molar-refractivity contribution in [2.45, 2.75) is 108 Å². The van der Waals surface area contributed by atoms with Gasteiger partial charge in [-0.3, -0.25) is 4.99 Å². The smallest absolute Gasteiger partial charge is 0.124 e. The van der Waals surface area contributed by atoms with Crippen LogP contribution in [-0.4, -0.2) is 45.6 Å². The molecule has 0 radical (unpaired) electrons. The molecule has 3 unspecified atom stereocenters. The molecule has 1 aliphatic carbocycles. The summed E-state index contributed by atoms with van der Waals surface area (Å²) in [6.07, 6.45) is 18.7. The van der Waals surface area contributed by atoms with Crippen molar-refractivity contribution in [3.8, 4) is 0 Å². The van der Waals surface area contributed by atoms with Crippen molar-refractivity contribution in [1.29, 1.82) is 5.41 Å². The van der Waals surface area contributed by atoms with Gasteiger partial charge in [-0.25, -0.2) is 8.78 Å². The Morgan fingerprint density at radius 2 is 2.04 bits per heavy atom. The number of nitrogens with one attached hydrogen (secondary N) is 1. The minimum absolute atomic E-state index is 0.0910. The van der Waals surface area contributed by atoms with E-state index in [1.807, 2.05) is 0 Å². The third-order valence-corrected chi connectivity index (χ3v) is 11.4. The Morgan fingerprint density at radius 1 is 1.24 bits per heavy atom. The number of aliphatic hydroxyl groups excluding tert-OH is 1. The van der Waals surface area contributed by atoms with Crippen molar-refractivity contribution in [1.82, 2.24) is 4.90 Å².